The molecule has 2 aliphatic heterocycles. The van der Waals surface area contributed by atoms with Gasteiger partial charge < -0.3 is 14.8 Å². The van der Waals surface area contributed by atoms with Crippen LogP contribution in [0.25, 0.3) is 0 Å². The third-order valence-electron chi connectivity index (χ3n) is 5.66. The highest BCUT2D eigenvalue weighted by Gasteiger charge is 2.38. The molecule has 0 aromatic heterocycles. The van der Waals surface area contributed by atoms with E-state index >= 15 is 0 Å². The SMILES string of the molecule is CCOC(=O)C1=C(CN2CCOCC2)N(CC)C(=O)NC1c1ccc(C(C)C)cc1. The average molecular weight is 416 g/mol. The van der Waals surface area contributed by atoms with Crippen molar-refractivity contribution in [1.29, 1.82) is 0 Å². The van der Waals surface area contributed by atoms with E-state index in [4.69, 9.17) is 9.47 Å². The highest BCUT2D eigenvalue weighted by Crippen LogP contribution is 2.32. The van der Waals surface area contributed by atoms with Gasteiger partial charge in [-0.05, 0) is 30.9 Å². The molecule has 164 valence electrons. The number of amides is 2. The van der Waals surface area contributed by atoms with Crippen molar-refractivity contribution in [3.8, 4) is 0 Å². The number of nitrogens with zero attached hydrogens (tertiary/aromatic N) is 2. The number of morpholine rings is 1. The van der Waals surface area contributed by atoms with Gasteiger partial charge in [-0.1, -0.05) is 38.1 Å². The van der Waals surface area contributed by atoms with Crippen LogP contribution in [-0.2, 0) is 14.3 Å². The Morgan fingerprint density at radius 2 is 1.87 bits per heavy atom. The van der Waals surface area contributed by atoms with Crippen molar-refractivity contribution in [2.75, 3.05) is 46.0 Å². The summed E-state index contributed by atoms with van der Waals surface area (Å²) >= 11 is 0. The molecule has 1 fully saturated rings. The molecule has 1 unspecified atom stereocenters. The number of esters is 1. The van der Waals surface area contributed by atoms with Crippen molar-refractivity contribution < 1.29 is 19.1 Å². The van der Waals surface area contributed by atoms with Crippen molar-refractivity contribution in [2.45, 2.75) is 39.7 Å². The molecule has 2 heterocycles. The van der Waals surface area contributed by atoms with Crippen LogP contribution in [0.3, 0.4) is 0 Å². The molecular formula is C23H33N3O4. The van der Waals surface area contributed by atoms with Gasteiger partial charge in [-0.2, -0.15) is 0 Å². The Kier molecular flexibility index (Phi) is 7.50. The molecule has 1 saturated heterocycles. The van der Waals surface area contributed by atoms with Gasteiger partial charge >= 0.3 is 12.0 Å². The zero-order valence-electron chi connectivity index (χ0n) is 18.4. The van der Waals surface area contributed by atoms with Crippen LogP contribution in [0.15, 0.2) is 35.5 Å². The summed E-state index contributed by atoms with van der Waals surface area (Å²) in [6.07, 6.45) is 0. The summed E-state index contributed by atoms with van der Waals surface area (Å²) in [6.45, 7) is 12.1. The van der Waals surface area contributed by atoms with Crippen LogP contribution in [0.4, 0.5) is 4.79 Å². The van der Waals surface area contributed by atoms with E-state index in [0.717, 1.165) is 24.4 Å². The zero-order valence-corrected chi connectivity index (χ0v) is 18.4. The molecule has 30 heavy (non-hydrogen) atoms. The summed E-state index contributed by atoms with van der Waals surface area (Å²) in [4.78, 5) is 29.9. The van der Waals surface area contributed by atoms with Crippen LogP contribution in [0.1, 0.15) is 50.8 Å². The second-order valence-electron chi connectivity index (χ2n) is 7.92. The summed E-state index contributed by atoms with van der Waals surface area (Å²) < 4.78 is 10.9. The largest absolute Gasteiger partial charge is 0.463 e. The number of hydrogen-bond donors (Lipinski definition) is 1. The summed E-state index contributed by atoms with van der Waals surface area (Å²) in [5, 5.41) is 3.02. The maximum atomic E-state index is 13.1. The van der Waals surface area contributed by atoms with E-state index < -0.39 is 6.04 Å². The lowest BCUT2D eigenvalue weighted by molar-refractivity contribution is -0.139. The van der Waals surface area contributed by atoms with Crippen LogP contribution >= 0.6 is 0 Å². The van der Waals surface area contributed by atoms with Gasteiger partial charge in [0.05, 0.1) is 31.4 Å². The van der Waals surface area contributed by atoms with E-state index in [2.05, 4.69) is 36.2 Å². The van der Waals surface area contributed by atoms with Crippen molar-refractivity contribution in [3.05, 3.63) is 46.7 Å². The molecule has 3 rings (SSSR count). The Hall–Kier alpha value is -2.38. The smallest absolute Gasteiger partial charge is 0.338 e. The Morgan fingerprint density at radius 3 is 2.43 bits per heavy atom. The molecule has 1 atom stereocenters. The molecule has 7 heteroatoms. The molecule has 0 spiro atoms. The average Bonchev–Trinajstić information content (AvgIpc) is 2.74. The minimum Gasteiger partial charge on any atom is -0.463 e. The second kappa shape index (κ2) is 10.1. The van der Waals surface area contributed by atoms with E-state index in [0.29, 0.717) is 37.8 Å². The Bertz CT molecular complexity index is 782. The molecule has 0 bridgehead atoms. The quantitative estimate of drug-likeness (QED) is 0.693. The highest BCUT2D eigenvalue weighted by atomic mass is 16.5. The molecular weight excluding hydrogens is 382 g/mol. The van der Waals surface area contributed by atoms with Crippen LogP contribution in [0, 0.1) is 0 Å². The fraction of sp³-hybridized carbons (Fsp3) is 0.565. The number of benzene rings is 1. The summed E-state index contributed by atoms with van der Waals surface area (Å²) in [6, 6.07) is 7.38. The Labute approximate surface area is 179 Å². The predicted molar refractivity (Wildman–Crippen MR) is 115 cm³/mol. The lowest BCUT2D eigenvalue weighted by Gasteiger charge is -2.38. The number of rotatable bonds is 7. The molecule has 2 aliphatic rings. The maximum Gasteiger partial charge on any atom is 0.338 e. The van der Waals surface area contributed by atoms with E-state index in [1.807, 2.05) is 19.1 Å². The lowest BCUT2D eigenvalue weighted by Crippen LogP contribution is -2.51. The van der Waals surface area contributed by atoms with Gasteiger partial charge in [0.25, 0.3) is 0 Å². The minimum absolute atomic E-state index is 0.188. The first kappa shape index (κ1) is 22.3. The van der Waals surface area contributed by atoms with E-state index in [1.165, 1.54) is 5.56 Å². The number of ether oxygens (including phenoxy) is 2. The number of urea groups is 1. The van der Waals surface area contributed by atoms with Gasteiger partial charge in [0.15, 0.2) is 0 Å². The normalized spacial score (nSPS) is 20.5. The monoisotopic (exact) mass is 415 g/mol. The highest BCUT2D eigenvalue weighted by molar-refractivity contribution is 5.95. The topological polar surface area (TPSA) is 71.1 Å². The molecule has 1 N–H and O–H groups in total. The van der Waals surface area contributed by atoms with Gasteiger partial charge in [-0.3, -0.25) is 9.80 Å². The lowest BCUT2D eigenvalue weighted by atomic mass is 9.92. The molecule has 1 aromatic carbocycles. The van der Waals surface area contributed by atoms with Crippen molar-refractivity contribution in [2.24, 2.45) is 0 Å². The zero-order chi connectivity index (χ0) is 21.7. The molecule has 0 aliphatic carbocycles. The van der Waals surface area contributed by atoms with Crippen molar-refractivity contribution in [3.63, 3.8) is 0 Å². The van der Waals surface area contributed by atoms with Gasteiger partial charge in [-0.25, -0.2) is 9.59 Å². The van der Waals surface area contributed by atoms with Gasteiger partial charge in [0, 0.05) is 31.9 Å². The fourth-order valence-electron chi connectivity index (χ4n) is 3.95. The van der Waals surface area contributed by atoms with Gasteiger partial charge in [-0.15, -0.1) is 0 Å². The summed E-state index contributed by atoms with van der Waals surface area (Å²) in [5.74, 6) is 0.0321. The molecule has 0 radical (unpaired) electrons. The van der Waals surface area contributed by atoms with Crippen LogP contribution in [0.5, 0.6) is 0 Å². The van der Waals surface area contributed by atoms with Gasteiger partial charge in [0.2, 0.25) is 0 Å². The molecule has 0 saturated carbocycles. The van der Waals surface area contributed by atoms with Crippen molar-refractivity contribution >= 4 is 12.0 Å². The Balaban J connectivity index is 2.05. The second-order valence-corrected chi connectivity index (χ2v) is 7.92. The van der Waals surface area contributed by atoms with Gasteiger partial charge in [0.1, 0.15) is 0 Å². The van der Waals surface area contributed by atoms with Crippen LogP contribution in [-0.4, -0.2) is 67.8 Å². The number of carbonyl (C=O) groups is 2. The minimum atomic E-state index is -0.531. The first-order valence-corrected chi connectivity index (χ1v) is 10.8. The number of hydrogen-bond acceptors (Lipinski definition) is 5. The number of carbonyl (C=O) groups excluding carboxylic acids is 2. The van der Waals surface area contributed by atoms with E-state index in [-0.39, 0.29) is 18.6 Å². The van der Waals surface area contributed by atoms with E-state index in [9.17, 15) is 9.59 Å². The summed E-state index contributed by atoms with van der Waals surface area (Å²) in [5.41, 5.74) is 3.33. The van der Waals surface area contributed by atoms with Crippen molar-refractivity contribution in [1.82, 2.24) is 15.1 Å². The number of likely N-dealkylation sites (N-methyl/N-ethyl adjacent to an activating group) is 1. The fourth-order valence-corrected chi connectivity index (χ4v) is 3.95. The van der Waals surface area contributed by atoms with Crippen LogP contribution in [0.2, 0.25) is 0 Å². The predicted octanol–water partition coefficient (Wildman–Crippen LogP) is 3.05. The number of nitrogens with one attached hydrogen (secondary N) is 1. The molecule has 1 aromatic rings. The third kappa shape index (κ3) is 4.84. The molecule has 2 amide bonds. The maximum absolute atomic E-state index is 13.1. The first-order chi connectivity index (χ1) is 14.5. The third-order valence-corrected chi connectivity index (χ3v) is 5.66. The summed E-state index contributed by atoms with van der Waals surface area (Å²) in [7, 11) is 0. The molecule has 7 nitrogen and oxygen atoms in total. The van der Waals surface area contributed by atoms with E-state index in [1.54, 1.807) is 11.8 Å². The van der Waals surface area contributed by atoms with Crippen LogP contribution < -0.4 is 5.32 Å². The first-order valence-electron chi connectivity index (χ1n) is 10.8. The Morgan fingerprint density at radius 1 is 1.20 bits per heavy atom. The standard InChI is InChI=1S/C23H33N3O4/c1-5-26-19(15-25-11-13-29-14-12-25)20(22(27)30-6-2)21(24-23(26)28)18-9-7-17(8-10-18)16(3)4/h7-10,16,21H,5-6,11-15H2,1-4H3,(H,24,28).